The van der Waals surface area contributed by atoms with Crippen LogP contribution in [0.25, 0.3) is 42.7 Å². The Morgan fingerprint density at radius 1 is 0.458 bits per heavy atom. The molecule has 0 N–H and O–H groups in total. The lowest BCUT2D eigenvalue weighted by Crippen LogP contribution is -2.13. The standard InChI is InChI=1S/C43H29N3OS/c1-5-16-30(17-6-1)43-44-41-38(45(31-18-7-2-8-19-31)32-20-9-3-10-21-32)28-34(29-39(41)47-43)46(33-22-11-4-12-23-33)37-26-15-25-36-35-24-13-14-27-40(35)48-42(36)37/h1-29H. The van der Waals surface area contributed by atoms with Crippen LogP contribution in [0.3, 0.4) is 0 Å². The summed E-state index contributed by atoms with van der Waals surface area (Å²) in [5, 5.41) is 2.52. The number of nitrogens with zero attached hydrogens (tertiary/aromatic N) is 3. The van der Waals surface area contributed by atoms with Crippen LogP contribution in [0.5, 0.6) is 0 Å². The Bertz CT molecular complexity index is 2470. The highest BCUT2D eigenvalue weighted by Crippen LogP contribution is 2.48. The van der Waals surface area contributed by atoms with Crippen molar-refractivity contribution in [2.45, 2.75) is 0 Å². The first-order valence-corrected chi connectivity index (χ1v) is 16.8. The van der Waals surface area contributed by atoms with Gasteiger partial charge in [0.1, 0.15) is 5.52 Å². The van der Waals surface area contributed by atoms with Crippen LogP contribution in [0.1, 0.15) is 0 Å². The predicted molar refractivity (Wildman–Crippen MR) is 202 cm³/mol. The summed E-state index contributed by atoms with van der Waals surface area (Å²) in [4.78, 5) is 9.77. The molecule has 0 amide bonds. The van der Waals surface area contributed by atoms with Crippen molar-refractivity contribution in [3.63, 3.8) is 0 Å². The zero-order chi connectivity index (χ0) is 31.9. The number of anilines is 6. The van der Waals surface area contributed by atoms with Crippen molar-refractivity contribution >= 4 is 76.7 Å². The van der Waals surface area contributed by atoms with E-state index in [1.807, 2.05) is 53.8 Å². The molecule has 9 rings (SSSR count). The lowest BCUT2D eigenvalue weighted by atomic mass is 10.1. The molecule has 4 nitrogen and oxygen atoms in total. The Labute approximate surface area is 282 Å². The fourth-order valence-electron chi connectivity index (χ4n) is 6.50. The van der Waals surface area contributed by atoms with E-state index >= 15 is 0 Å². The molecule has 228 valence electrons. The van der Waals surface area contributed by atoms with Crippen LogP contribution in [0, 0.1) is 0 Å². The first kappa shape index (κ1) is 28.1. The fourth-order valence-corrected chi connectivity index (χ4v) is 7.70. The van der Waals surface area contributed by atoms with Crippen molar-refractivity contribution < 1.29 is 4.42 Å². The second-order valence-electron chi connectivity index (χ2n) is 11.6. The number of fused-ring (bicyclic) bond motifs is 4. The Morgan fingerprint density at radius 3 is 1.65 bits per heavy atom. The molecule has 9 aromatic rings. The first-order chi connectivity index (χ1) is 23.8. The van der Waals surface area contributed by atoms with E-state index in [1.165, 1.54) is 20.2 Å². The van der Waals surface area contributed by atoms with E-state index in [4.69, 9.17) is 9.40 Å². The average molecular weight is 636 g/mol. The molecular formula is C43H29N3OS. The number of benzene rings is 7. The molecule has 0 fully saturated rings. The molecule has 5 heteroatoms. The van der Waals surface area contributed by atoms with Crippen LogP contribution in [0.4, 0.5) is 34.1 Å². The van der Waals surface area contributed by atoms with Gasteiger partial charge in [-0.2, -0.15) is 0 Å². The number of oxazole rings is 1. The second-order valence-corrected chi connectivity index (χ2v) is 12.7. The van der Waals surface area contributed by atoms with Gasteiger partial charge in [-0.15, -0.1) is 11.3 Å². The molecule has 0 saturated heterocycles. The van der Waals surface area contributed by atoms with E-state index in [1.54, 1.807) is 0 Å². The topological polar surface area (TPSA) is 32.5 Å². The summed E-state index contributed by atoms with van der Waals surface area (Å²) in [5.74, 6) is 0.586. The Morgan fingerprint density at radius 2 is 1.00 bits per heavy atom. The maximum absolute atomic E-state index is 6.65. The molecule has 0 bridgehead atoms. The molecule has 2 heterocycles. The summed E-state index contributed by atoms with van der Waals surface area (Å²) >= 11 is 1.83. The molecule has 0 spiro atoms. The van der Waals surface area contributed by atoms with E-state index < -0.39 is 0 Å². The zero-order valence-electron chi connectivity index (χ0n) is 25.9. The van der Waals surface area contributed by atoms with Crippen molar-refractivity contribution in [3.8, 4) is 11.5 Å². The van der Waals surface area contributed by atoms with Gasteiger partial charge in [0.05, 0.1) is 21.8 Å². The number of rotatable bonds is 7. The summed E-state index contributed by atoms with van der Waals surface area (Å²) in [6, 6.07) is 61.2. The molecule has 0 atom stereocenters. The summed E-state index contributed by atoms with van der Waals surface area (Å²) in [5.41, 5.74) is 8.56. The Kier molecular flexibility index (Phi) is 6.95. The summed E-state index contributed by atoms with van der Waals surface area (Å²) in [6.07, 6.45) is 0. The molecule has 0 saturated carbocycles. The van der Waals surface area contributed by atoms with Crippen LogP contribution in [0.2, 0.25) is 0 Å². The lowest BCUT2D eigenvalue weighted by Gasteiger charge is -2.29. The monoisotopic (exact) mass is 635 g/mol. The van der Waals surface area contributed by atoms with E-state index in [0.717, 1.165) is 45.2 Å². The van der Waals surface area contributed by atoms with Crippen LogP contribution in [0.15, 0.2) is 180 Å². The first-order valence-electron chi connectivity index (χ1n) is 16.0. The highest BCUT2D eigenvalue weighted by Gasteiger charge is 2.25. The minimum absolute atomic E-state index is 0.586. The van der Waals surface area contributed by atoms with E-state index in [-0.39, 0.29) is 0 Å². The lowest BCUT2D eigenvalue weighted by molar-refractivity contribution is 0.620. The predicted octanol–water partition coefficient (Wildman–Crippen LogP) is 12.8. The number of thiophene rings is 1. The van der Waals surface area contributed by atoms with Crippen molar-refractivity contribution in [2.24, 2.45) is 0 Å². The number of aromatic nitrogens is 1. The van der Waals surface area contributed by atoms with Crippen molar-refractivity contribution in [1.29, 1.82) is 0 Å². The van der Waals surface area contributed by atoms with Gasteiger partial charge in [0.15, 0.2) is 5.58 Å². The molecule has 0 radical (unpaired) electrons. The molecule has 0 aliphatic heterocycles. The van der Waals surface area contributed by atoms with Crippen molar-refractivity contribution in [2.75, 3.05) is 9.80 Å². The molecular weight excluding hydrogens is 607 g/mol. The van der Waals surface area contributed by atoms with Crippen molar-refractivity contribution in [3.05, 3.63) is 176 Å². The molecule has 2 aromatic heterocycles. The summed E-state index contributed by atoms with van der Waals surface area (Å²) < 4.78 is 9.15. The summed E-state index contributed by atoms with van der Waals surface area (Å²) in [7, 11) is 0. The van der Waals surface area contributed by atoms with E-state index in [9.17, 15) is 0 Å². The third kappa shape index (κ3) is 4.89. The van der Waals surface area contributed by atoms with Gasteiger partial charge < -0.3 is 14.2 Å². The molecule has 0 unspecified atom stereocenters. The Hall–Kier alpha value is -6.17. The largest absolute Gasteiger partial charge is 0.436 e. The quantitative estimate of drug-likeness (QED) is 0.174. The molecule has 0 aliphatic rings. The van der Waals surface area contributed by atoms with Gasteiger partial charge in [-0.3, -0.25) is 0 Å². The smallest absolute Gasteiger partial charge is 0.227 e. The number of hydrogen-bond acceptors (Lipinski definition) is 5. The maximum Gasteiger partial charge on any atom is 0.227 e. The minimum atomic E-state index is 0.586. The third-order valence-corrected chi connectivity index (χ3v) is 9.86. The SMILES string of the molecule is c1ccc(-c2nc3c(N(c4ccccc4)c4ccccc4)cc(N(c4ccccc4)c4cccc5c4sc4ccccc45)cc3o2)cc1. The average Bonchev–Trinajstić information content (AvgIpc) is 3.76. The molecule has 7 aromatic carbocycles. The number of para-hydroxylation sites is 3. The third-order valence-electron chi connectivity index (χ3n) is 8.65. The summed E-state index contributed by atoms with van der Waals surface area (Å²) in [6.45, 7) is 0. The van der Waals surface area contributed by atoms with Gasteiger partial charge in [0.25, 0.3) is 0 Å². The van der Waals surface area contributed by atoms with Crippen molar-refractivity contribution in [1.82, 2.24) is 4.98 Å². The normalized spacial score (nSPS) is 11.3. The highest BCUT2D eigenvalue weighted by atomic mass is 32.1. The zero-order valence-corrected chi connectivity index (χ0v) is 26.7. The van der Waals surface area contributed by atoms with E-state index in [0.29, 0.717) is 11.5 Å². The molecule has 0 aliphatic carbocycles. The van der Waals surface area contributed by atoms with Crippen LogP contribution in [-0.4, -0.2) is 4.98 Å². The minimum Gasteiger partial charge on any atom is -0.436 e. The van der Waals surface area contributed by atoms with Gasteiger partial charge >= 0.3 is 0 Å². The van der Waals surface area contributed by atoms with Gasteiger partial charge in [-0.25, -0.2) is 4.98 Å². The maximum atomic E-state index is 6.65. The highest BCUT2D eigenvalue weighted by molar-refractivity contribution is 7.26. The fraction of sp³-hybridized carbons (Fsp3) is 0. The second kappa shape index (κ2) is 11.9. The van der Waals surface area contributed by atoms with Gasteiger partial charge in [-0.05, 0) is 66.7 Å². The van der Waals surface area contributed by atoms with Crippen LogP contribution < -0.4 is 9.80 Å². The van der Waals surface area contributed by atoms with Crippen LogP contribution >= 0.6 is 11.3 Å². The molecule has 48 heavy (non-hydrogen) atoms. The van der Waals surface area contributed by atoms with Gasteiger partial charge in [0.2, 0.25) is 5.89 Å². The van der Waals surface area contributed by atoms with Gasteiger partial charge in [0, 0.05) is 44.2 Å². The number of hydrogen-bond donors (Lipinski definition) is 0. The van der Waals surface area contributed by atoms with E-state index in [2.05, 4.69) is 143 Å². The van der Waals surface area contributed by atoms with Crippen LogP contribution in [-0.2, 0) is 0 Å². The Balaban J connectivity index is 1.35. The van der Waals surface area contributed by atoms with Gasteiger partial charge in [-0.1, -0.05) is 103 Å².